The van der Waals surface area contributed by atoms with Crippen LogP contribution >= 0.6 is 0 Å². The number of benzene rings is 1. The molecule has 2 atom stereocenters. The van der Waals surface area contributed by atoms with Crippen LogP contribution in [0.4, 0.5) is 4.79 Å². The number of nitrogens with zero attached hydrogens (tertiary/aromatic N) is 1. The molecule has 28 heavy (non-hydrogen) atoms. The highest BCUT2D eigenvalue weighted by Gasteiger charge is 2.31. The third-order valence-corrected chi connectivity index (χ3v) is 5.52. The molecule has 0 fully saturated rings. The lowest BCUT2D eigenvalue weighted by atomic mass is 9.73. The highest BCUT2D eigenvalue weighted by Crippen LogP contribution is 2.47. The van der Waals surface area contributed by atoms with E-state index in [0.717, 1.165) is 49.7 Å². The number of ether oxygens (including phenoxy) is 1. The Balaban J connectivity index is 2.51. The van der Waals surface area contributed by atoms with E-state index < -0.39 is 6.09 Å². The van der Waals surface area contributed by atoms with Crippen molar-refractivity contribution in [3.63, 3.8) is 0 Å². The van der Waals surface area contributed by atoms with Crippen LogP contribution in [0.3, 0.4) is 0 Å². The van der Waals surface area contributed by atoms with Gasteiger partial charge in [0, 0.05) is 25.6 Å². The maximum atomic E-state index is 12.3. The van der Waals surface area contributed by atoms with Crippen molar-refractivity contribution in [1.82, 2.24) is 4.90 Å². The number of phenolic OH excluding ortho intramolecular Hbond substituents is 1. The standard InChI is InChI=1S/C24H35NO3/c1-7-8-9-10-18-14-21(26)23(22(15-18)28-24(27)25(5)6)20-13-17(4)11-12-19(20)16(2)3/h13-15,19-20,26H,2,7-12H2,1,3-6H3/t19-,20+/m0/s1. The monoisotopic (exact) mass is 385 g/mol. The zero-order valence-electron chi connectivity index (χ0n) is 18.0. The number of aryl methyl sites for hydroxylation is 1. The smallest absolute Gasteiger partial charge is 0.414 e. The Labute approximate surface area is 169 Å². The molecule has 1 N–H and O–H groups in total. The third-order valence-electron chi connectivity index (χ3n) is 5.52. The lowest BCUT2D eigenvalue weighted by Crippen LogP contribution is -2.26. The van der Waals surface area contributed by atoms with Crippen molar-refractivity contribution in [3.05, 3.63) is 47.1 Å². The highest BCUT2D eigenvalue weighted by atomic mass is 16.6. The molecule has 1 aliphatic rings. The first-order valence-electron chi connectivity index (χ1n) is 10.3. The third kappa shape index (κ3) is 5.40. The van der Waals surface area contributed by atoms with Gasteiger partial charge in [-0.25, -0.2) is 4.79 Å². The quantitative estimate of drug-likeness (QED) is 0.449. The van der Waals surface area contributed by atoms with E-state index in [1.54, 1.807) is 14.1 Å². The first-order chi connectivity index (χ1) is 13.2. The lowest BCUT2D eigenvalue weighted by molar-refractivity contribution is 0.171. The molecule has 2 rings (SSSR count). The van der Waals surface area contributed by atoms with Gasteiger partial charge in [-0.15, -0.1) is 0 Å². The van der Waals surface area contributed by atoms with Crippen LogP contribution in [0.2, 0.25) is 0 Å². The maximum Gasteiger partial charge on any atom is 0.414 e. The molecule has 1 aliphatic carbocycles. The van der Waals surface area contributed by atoms with Gasteiger partial charge in [-0.05, 0) is 63.1 Å². The molecule has 0 aromatic heterocycles. The second kappa shape index (κ2) is 9.81. The maximum absolute atomic E-state index is 12.3. The Morgan fingerprint density at radius 3 is 2.64 bits per heavy atom. The fraction of sp³-hybridized carbons (Fsp3) is 0.542. The molecule has 1 amide bonds. The van der Waals surface area contributed by atoms with E-state index in [4.69, 9.17) is 4.74 Å². The van der Waals surface area contributed by atoms with Crippen molar-refractivity contribution in [2.75, 3.05) is 14.1 Å². The summed E-state index contributed by atoms with van der Waals surface area (Å²) in [7, 11) is 3.32. The van der Waals surface area contributed by atoms with Crippen LogP contribution in [0, 0.1) is 5.92 Å². The molecule has 0 spiro atoms. The molecular weight excluding hydrogens is 350 g/mol. The number of carbonyl (C=O) groups is 1. The predicted octanol–water partition coefficient (Wildman–Crippen LogP) is 6.20. The minimum Gasteiger partial charge on any atom is -0.507 e. The van der Waals surface area contributed by atoms with Crippen LogP contribution in [0.5, 0.6) is 11.5 Å². The van der Waals surface area contributed by atoms with Crippen LogP contribution in [0.25, 0.3) is 0 Å². The van der Waals surface area contributed by atoms with E-state index in [-0.39, 0.29) is 17.6 Å². The Bertz CT molecular complexity index is 748. The summed E-state index contributed by atoms with van der Waals surface area (Å²) in [5, 5.41) is 11.0. The summed E-state index contributed by atoms with van der Waals surface area (Å²) >= 11 is 0. The largest absolute Gasteiger partial charge is 0.507 e. The fourth-order valence-electron chi connectivity index (χ4n) is 3.90. The molecule has 0 saturated carbocycles. The van der Waals surface area contributed by atoms with Crippen molar-refractivity contribution in [2.24, 2.45) is 5.92 Å². The molecule has 1 aromatic carbocycles. The number of allylic oxidation sites excluding steroid dienone is 3. The van der Waals surface area contributed by atoms with E-state index in [2.05, 4.69) is 26.5 Å². The Morgan fingerprint density at radius 2 is 2.04 bits per heavy atom. The number of unbranched alkanes of at least 4 members (excludes halogenated alkanes) is 2. The molecule has 0 saturated heterocycles. The van der Waals surface area contributed by atoms with Crippen LogP contribution in [0.15, 0.2) is 35.9 Å². The molecule has 0 heterocycles. The number of aromatic hydroxyl groups is 1. The molecule has 0 aliphatic heterocycles. The van der Waals surface area contributed by atoms with Gasteiger partial charge in [-0.1, -0.05) is 43.6 Å². The van der Waals surface area contributed by atoms with Crippen LogP contribution in [-0.4, -0.2) is 30.2 Å². The Hall–Kier alpha value is -2.23. The average Bonchev–Trinajstić information content (AvgIpc) is 2.61. The molecule has 0 unspecified atom stereocenters. The van der Waals surface area contributed by atoms with Gasteiger partial charge in [0.2, 0.25) is 0 Å². The molecule has 4 heteroatoms. The number of rotatable bonds is 7. The minimum absolute atomic E-state index is 0.0408. The van der Waals surface area contributed by atoms with Gasteiger partial charge in [-0.3, -0.25) is 0 Å². The summed E-state index contributed by atoms with van der Waals surface area (Å²) < 4.78 is 5.72. The van der Waals surface area contributed by atoms with E-state index in [0.29, 0.717) is 11.3 Å². The lowest BCUT2D eigenvalue weighted by Gasteiger charge is -2.32. The van der Waals surface area contributed by atoms with Crippen molar-refractivity contribution in [1.29, 1.82) is 0 Å². The summed E-state index contributed by atoms with van der Waals surface area (Å²) in [6.07, 6.45) is 7.95. The SMILES string of the molecule is C=C(C)[C@@H]1CCC(C)=C[C@H]1c1c(O)cc(CCCCC)cc1OC(=O)N(C)C. The predicted molar refractivity (Wildman–Crippen MR) is 115 cm³/mol. The minimum atomic E-state index is -0.435. The van der Waals surface area contributed by atoms with E-state index >= 15 is 0 Å². The zero-order chi connectivity index (χ0) is 20.8. The van der Waals surface area contributed by atoms with Crippen molar-refractivity contribution in [3.8, 4) is 11.5 Å². The molecule has 1 aromatic rings. The summed E-state index contributed by atoms with van der Waals surface area (Å²) in [6.45, 7) is 10.5. The zero-order valence-corrected chi connectivity index (χ0v) is 18.0. The molecular formula is C24H35NO3. The van der Waals surface area contributed by atoms with Gasteiger partial charge in [0.05, 0.1) is 0 Å². The summed E-state index contributed by atoms with van der Waals surface area (Å²) in [6, 6.07) is 3.77. The number of hydrogen-bond acceptors (Lipinski definition) is 3. The summed E-state index contributed by atoms with van der Waals surface area (Å²) in [5.74, 6) is 0.850. The second-order valence-electron chi connectivity index (χ2n) is 8.28. The second-order valence-corrected chi connectivity index (χ2v) is 8.28. The first-order valence-corrected chi connectivity index (χ1v) is 10.3. The van der Waals surface area contributed by atoms with E-state index in [1.807, 2.05) is 19.1 Å². The van der Waals surface area contributed by atoms with Crippen LogP contribution in [-0.2, 0) is 6.42 Å². The van der Waals surface area contributed by atoms with Crippen molar-refractivity contribution >= 4 is 6.09 Å². The Morgan fingerprint density at radius 1 is 1.32 bits per heavy atom. The van der Waals surface area contributed by atoms with E-state index in [9.17, 15) is 9.90 Å². The average molecular weight is 386 g/mol. The number of phenols is 1. The normalized spacial score (nSPS) is 19.1. The molecule has 0 radical (unpaired) electrons. The summed E-state index contributed by atoms with van der Waals surface area (Å²) in [4.78, 5) is 13.7. The number of hydrogen-bond donors (Lipinski definition) is 1. The van der Waals surface area contributed by atoms with Gasteiger partial charge in [0.25, 0.3) is 0 Å². The first kappa shape index (κ1) is 22.1. The van der Waals surface area contributed by atoms with Crippen LogP contribution in [0.1, 0.15) is 69.9 Å². The van der Waals surface area contributed by atoms with Crippen molar-refractivity contribution in [2.45, 2.75) is 65.2 Å². The molecule has 4 nitrogen and oxygen atoms in total. The number of carbonyl (C=O) groups excluding carboxylic acids is 1. The summed E-state index contributed by atoms with van der Waals surface area (Å²) in [5.41, 5.74) is 4.07. The van der Waals surface area contributed by atoms with Gasteiger partial charge < -0.3 is 14.7 Å². The van der Waals surface area contributed by atoms with E-state index in [1.165, 1.54) is 10.5 Å². The van der Waals surface area contributed by atoms with Crippen LogP contribution < -0.4 is 4.74 Å². The topological polar surface area (TPSA) is 49.8 Å². The fourth-order valence-corrected chi connectivity index (χ4v) is 3.90. The van der Waals surface area contributed by atoms with Gasteiger partial charge in [-0.2, -0.15) is 0 Å². The van der Waals surface area contributed by atoms with Gasteiger partial charge in [0.15, 0.2) is 0 Å². The molecule has 0 bridgehead atoms. The van der Waals surface area contributed by atoms with Gasteiger partial charge >= 0.3 is 6.09 Å². The van der Waals surface area contributed by atoms with Crippen molar-refractivity contribution < 1.29 is 14.6 Å². The highest BCUT2D eigenvalue weighted by molar-refractivity contribution is 5.71. The Kier molecular flexibility index (Phi) is 7.73. The number of amides is 1. The van der Waals surface area contributed by atoms with Gasteiger partial charge in [0.1, 0.15) is 11.5 Å². The molecule has 154 valence electrons.